The molecule has 0 unspecified atom stereocenters. The van der Waals surface area contributed by atoms with Crippen molar-refractivity contribution < 1.29 is 22.4 Å². The van der Waals surface area contributed by atoms with Crippen LogP contribution in [0, 0.1) is 0 Å². The van der Waals surface area contributed by atoms with Gasteiger partial charge >= 0.3 is 0 Å². The van der Waals surface area contributed by atoms with Crippen molar-refractivity contribution in [2.75, 3.05) is 14.2 Å². The van der Waals surface area contributed by atoms with Gasteiger partial charge in [0.2, 0.25) is 0 Å². The number of ether oxygens (including phenoxy) is 2. The Morgan fingerprint density at radius 3 is 1.60 bits per heavy atom. The fourth-order valence-corrected chi connectivity index (χ4v) is 1.78. The van der Waals surface area contributed by atoms with Crippen LogP contribution < -0.4 is 9.47 Å². The van der Waals surface area contributed by atoms with Crippen molar-refractivity contribution >= 4 is 10.1 Å². The van der Waals surface area contributed by atoms with Crippen molar-refractivity contribution in [3.05, 3.63) is 54.6 Å². The molecule has 0 aliphatic carbocycles. The molecule has 20 heavy (non-hydrogen) atoms. The van der Waals surface area contributed by atoms with Gasteiger partial charge < -0.3 is 9.47 Å². The van der Waals surface area contributed by atoms with Crippen molar-refractivity contribution in [2.24, 2.45) is 0 Å². The number of para-hydroxylation sites is 1. The number of methoxy groups -OCH3 is 2. The predicted octanol–water partition coefficient (Wildman–Crippen LogP) is 2.64. The SMILES string of the molecule is COc1ccc(S(=O)(=O)O)cc1.COc1ccccc1. The van der Waals surface area contributed by atoms with Crippen molar-refractivity contribution in [3.63, 3.8) is 0 Å². The Balaban J connectivity index is 0.000000217. The number of benzene rings is 2. The highest BCUT2D eigenvalue weighted by atomic mass is 32.2. The van der Waals surface area contributed by atoms with Gasteiger partial charge in [-0.25, -0.2) is 0 Å². The first-order valence-electron chi connectivity index (χ1n) is 5.68. The second kappa shape index (κ2) is 7.52. The maximum atomic E-state index is 10.5. The van der Waals surface area contributed by atoms with E-state index in [-0.39, 0.29) is 4.90 Å². The van der Waals surface area contributed by atoms with Gasteiger partial charge in [0, 0.05) is 0 Å². The molecule has 0 radical (unpaired) electrons. The Hall–Kier alpha value is -2.05. The van der Waals surface area contributed by atoms with Crippen molar-refractivity contribution in [3.8, 4) is 11.5 Å². The van der Waals surface area contributed by atoms with Crippen LogP contribution in [0.15, 0.2) is 59.5 Å². The highest BCUT2D eigenvalue weighted by Gasteiger charge is 2.07. The maximum Gasteiger partial charge on any atom is 0.294 e. The highest BCUT2D eigenvalue weighted by Crippen LogP contribution is 2.14. The normalized spacial score (nSPS) is 10.2. The third kappa shape index (κ3) is 5.29. The quantitative estimate of drug-likeness (QED) is 0.881. The minimum absolute atomic E-state index is 0.136. The maximum absolute atomic E-state index is 10.5. The molecule has 2 rings (SSSR count). The van der Waals surface area contributed by atoms with E-state index in [1.54, 1.807) is 7.11 Å². The Morgan fingerprint density at radius 1 is 0.800 bits per heavy atom. The molecule has 0 aromatic heterocycles. The summed E-state index contributed by atoms with van der Waals surface area (Å²) in [6.45, 7) is 0. The second-order valence-corrected chi connectivity index (χ2v) is 5.09. The highest BCUT2D eigenvalue weighted by molar-refractivity contribution is 7.85. The van der Waals surface area contributed by atoms with Crippen LogP contribution >= 0.6 is 0 Å². The zero-order chi connectivity index (χ0) is 15.0. The first-order chi connectivity index (χ1) is 9.47. The Bertz CT molecular complexity index is 606. The van der Waals surface area contributed by atoms with Gasteiger partial charge in [-0.1, -0.05) is 18.2 Å². The smallest absolute Gasteiger partial charge is 0.294 e. The molecular weight excluding hydrogens is 280 g/mol. The Morgan fingerprint density at radius 2 is 1.25 bits per heavy atom. The van der Waals surface area contributed by atoms with Gasteiger partial charge in [-0.2, -0.15) is 8.42 Å². The average molecular weight is 296 g/mol. The molecular formula is C14H16O5S. The van der Waals surface area contributed by atoms with E-state index in [0.29, 0.717) is 5.75 Å². The molecule has 0 aliphatic heterocycles. The summed E-state index contributed by atoms with van der Waals surface area (Å²) in [5.74, 6) is 1.45. The van der Waals surface area contributed by atoms with Crippen LogP contribution in [0.1, 0.15) is 0 Å². The molecule has 1 N–H and O–H groups in total. The first-order valence-corrected chi connectivity index (χ1v) is 7.12. The zero-order valence-corrected chi connectivity index (χ0v) is 12.0. The summed E-state index contributed by atoms with van der Waals surface area (Å²) in [5, 5.41) is 0. The summed E-state index contributed by atoms with van der Waals surface area (Å²) in [7, 11) is -0.947. The lowest BCUT2D eigenvalue weighted by molar-refractivity contribution is 0.414. The molecule has 0 spiro atoms. The van der Waals surface area contributed by atoms with E-state index in [2.05, 4.69) is 0 Å². The molecule has 0 bridgehead atoms. The molecule has 0 saturated carbocycles. The minimum Gasteiger partial charge on any atom is -0.497 e. The number of rotatable bonds is 3. The van der Waals surface area contributed by atoms with Crippen molar-refractivity contribution in [2.45, 2.75) is 4.90 Å². The van der Waals surface area contributed by atoms with Crippen LogP contribution in [-0.4, -0.2) is 27.2 Å². The summed E-state index contributed by atoms with van der Waals surface area (Å²) >= 11 is 0. The van der Waals surface area contributed by atoms with E-state index in [9.17, 15) is 8.42 Å². The van der Waals surface area contributed by atoms with Gasteiger partial charge in [-0.3, -0.25) is 4.55 Å². The molecule has 0 atom stereocenters. The van der Waals surface area contributed by atoms with Crippen molar-refractivity contribution in [1.82, 2.24) is 0 Å². The fourth-order valence-electron chi connectivity index (χ4n) is 1.30. The lowest BCUT2D eigenvalue weighted by atomic mass is 10.3. The van der Waals surface area contributed by atoms with Crippen LogP contribution in [0.25, 0.3) is 0 Å². The van der Waals surface area contributed by atoms with Crippen LogP contribution in [0.5, 0.6) is 11.5 Å². The molecule has 6 heteroatoms. The third-order valence-corrected chi connectivity index (χ3v) is 3.20. The van der Waals surface area contributed by atoms with Gasteiger partial charge in [-0.15, -0.1) is 0 Å². The van der Waals surface area contributed by atoms with Gasteiger partial charge in [0.25, 0.3) is 10.1 Å². The molecule has 2 aromatic rings. The van der Waals surface area contributed by atoms with Gasteiger partial charge in [-0.05, 0) is 36.4 Å². The first kappa shape index (κ1) is 16.0. The zero-order valence-electron chi connectivity index (χ0n) is 11.2. The van der Waals surface area contributed by atoms with E-state index in [1.807, 2.05) is 30.3 Å². The number of hydrogen-bond donors (Lipinski definition) is 1. The third-order valence-electron chi connectivity index (χ3n) is 2.34. The minimum atomic E-state index is -4.08. The summed E-state index contributed by atoms with van der Waals surface area (Å²) in [6, 6.07) is 15.1. The molecule has 0 heterocycles. The molecule has 0 fully saturated rings. The van der Waals surface area contributed by atoms with E-state index in [0.717, 1.165) is 5.75 Å². The van der Waals surface area contributed by atoms with Crippen LogP contribution in [-0.2, 0) is 10.1 Å². The molecule has 0 saturated heterocycles. The largest absolute Gasteiger partial charge is 0.497 e. The van der Waals surface area contributed by atoms with Crippen LogP contribution in [0.4, 0.5) is 0 Å². The Kier molecular flexibility index (Phi) is 6.02. The topological polar surface area (TPSA) is 72.8 Å². The second-order valence-electron chi connectivity index (χ2n) is 3.67. The van der Waals surface area contributed by atoms with E-state index in [1.165, 1.54) is 31.4 Å². The van der Waals surface area contributed by atoms with Gasteiger partial charge in [0.15, 0.2) is 0 Å². The van der Waals surface area contributed by atoms with Crippen LogP contribution in [0.3, 0.4) is 0 Å². The number of hydrogen-bond acceptors (Lipinski definition) is 4. The van der Waals surface area contributed by atoms with E-state index < -0.39 is 10.1 Å². The van der Waals surface area contributed by atoms with E-state index >= 15 is 0 Å². The Labute approximate surface area is 118 Å². The lowest BCUT2D eigenvalue weighted by Gasteiger charge is -1.99. The van der Waals surface area contributed by atoms with Crippen molar-refractivity contribution in [1.29, 1.82) is 0 Å². The monoisotopic (exact) mass is 296 g/mol. The molecule has 0 amide bonds. The molecule has 0 aliphatic rings. The average Bonchev–Trinajstić information content (AvgIpc) is 2.48. The summed E-state index contributed by atoms with van der Waals surface area (Å²) in [6.07, 6.45) is 0. The standard InChI is InChI=1S/C7H8O4S.C7H8O/c1-11-6-2-4-7(5-3-6)12(8,9)10;1-8-7-5-3-2-4-6-7/h2-5H,1H3,(H,8,9,10);2-6H,1H3. The summed E-state index contributed by atoms with van der Waals surface area (Å²) in [5.41, 5.74) is 0. The van der Waals surface area contributed by atoms with E-state index in [4.69, 9.17) is 14.0 Å². The van der Waals surface area contributed by atoms with Gasteiger partial charge in [0.05, 0.1) is 19.1 Å². The molecule has 108 valence electrons. The van der Waals surface area contributed by atoms with Gasteiger partial charge in [0.1, 0.15) is 11.5 Å². The lowest BCUT2D eigenvalue weighted by Crippen LogP contribution is -1.97. The van der Waals surface area contributed by atoms with Crippen LogP contribution in [0.2, 0.25) is 0 Å². The molecule has 2 aromatic carbocycles. The summed E-state index contributed by atoms with van der Waals surface area (Å²) in [4.78, 5) is -0.136. The predicted molar refractivity (Wildman–Crippen MR) is 75.8 cm³/mol. The molecule has 5 nitrogen and oxygen atoms in total. The summed E-state index contributed by atoms with van der Waals surface area (Å²) < 4.78 is 39.4. The fraction of sp³-hybridized carbons (Fsp3) is 0.143.